The first-order valence-corrected chi connectivity index (χ1v) is 8.53. The second-order valence-corrected chi connectivity index (χ2v) is 6.37. The molecule has 1 aromatic carbocycles. The molecule has 0 amide bonds. The molecule has 27 heavy (non-hydrogen) atoms. The van der Waals surface area contributed by atoms with Crippen LogP contribution in [0, 0.1) is 6.92 Å². The van der Waals surface area contributed by atoms with Crippen molar-refractivity contribution in [1.29, 1.82) is 0 Å². The van der Waals surface area contributed by atoms with Crippen molar-refractivity contribution in [3.8, 4) is 11.4 Å². The van der Waals surface area contributed by atoms with E-state index in [1.165, 1.54) is 0 Å². The highest BCUT2D eigenvalue weighted by Crippen LogP contribution is 2.27. The lowest BCUT2D eigenvalue weighted by atomic mass is 10.2. The summed E-state index contributed by atoms with van der Waals surface area (Å²) in [4.78, 5) is 10.9. The Balaban J connectivity index is 1.92. The van der Waals surface area contributed by atoms with Gasteiger partial charge in [0, 0.05) is 31.0 Å². The van der Waals surface area contributed by atoms with Crippen LogP contribution in [0.4, 0.5) is 17.5 Å². The number of rotatable bonds is 7. The standard InChI is InChI=1S/C18H24N8O/c1-12-8-17(19-2)22-18(20-12)21-13-6-7-16(27-5)15(9-13)26-11-14(23-24-26)10-25(3)4/h6-9,11H,10H2,1-5H3,(H2,19,20,21,22). The number of anilines is 3. The van der Waals surface area contributed by atoms with Crippen molar-refractivity contribution in [2.75, 3.05) is 38.9 Å². The Bertz CT molecular complexity index is 921. The molecule has 0 bridgehead atoms. The van der Waals surface area contributed by atoms with Crippen LogP contribution in [0.25, 0.3) is 5.69 Å². The summed E-state index contributed by atoms with van der Waals surface area (Å²) in [6.45, 7) is 2.64. The molecule has 0 fully saturated rings. The lowest BCUT2D eigenvalue weighted by molar-refractivity contribution is 0.396. The quantitative estimate of drug-likeness (QED) is 0.656. The van der Waals surface area contributed by atoms with Crippen molar-refractivity contribution in [2.45, 2.75) is 13.5 Å². The van der Waals surface area contributed by atoms with Crippen LogP contribution in [-0.4, -0.2) is 58.1 Å². The van der Waals surface area contributed by atoms with Gasteiger partial charge in [0.15, 0.2) is 0 Å². The van der Waals surface area contributed by atoms with Gasteiger partial charge in [0.1, 0.15) is 17.3 Å². The molecule has 9 heteroatoms. The molecule has 2 heterocycles. The fraction of sp³-hybridized carbons (Fsp3) is 0.333. The number of aromatic nitrogens is 5. The van der Waals surface area contributed by atoms with E-state index in [2.05, 4.69) is 30.9 Å². The SMILES string of the molecule is CNc1cc(C)nc(Nc2ccc(OC)c(-n3cc(CN(C)C)nn3)c2)n1. The molecule has 0 saturated heterocycles. The number of hydrogen-bond acceptors (Lipinski definition) is 8. The van der Waals surface area contributed by atoms with Gasteiger partial charge in [-0.1, -0.05) is 5.21 Å². The molecular weight excluding hydrogens is 344 g/mol. The lowest BCUT2D eigenvalue weighted by Crippen LogP contribution is -2.10. The van der Waals surface area contributed by atoms with Crippen LogP contribution in [0.15, 0.2) is 30.5 Å². The maximum Gasteiger partial charge on any atom is 0.229 e. The number of nitrogens with one attached hydrogen (secondary N) is 2. The lowest BCUT2D eigenvalue weighted by Gasteiger charge is -2.12. The van der Waals surface area contributed by atoms with E-state index in [0.29, 0.717) is 18.2 Å². The predicted molar refractivity (Wildman–Crippen MR) is 105 cm³/mol. The van der Waals surface area contributed by atoms with E-state index in [-0.39, 0.29) is 0 Å². The zero-order valence-corrected chi connectivity index (χ0v) is 16.2. The molecule has 2 N–H and O–H groups in total. The van der Waals surface area contributed by atoms with Gasteiger partial charge in [-0.05, 0) is 39.2 Å². The largest absolute Gasteiger partial charge is 0.494 e. The summed E-state index contributed by atoms with van der Waals surface area (Å²) in [5.74, 6) is 1.97. The summed E-state index contributed by atoms with van der Waals surface area (Å²) in [5, 5.41) is 14.7. The number of benzene rings is 1. The summed E-state index contributed by atoms with van der Waals surface area (Å²) < 4.78 is 7.19. The zero-order chi connectivity index (χ0) is 19.4. The Hall–Kier alpha value is -3.20. The first-order chi connectivity index (χ1) is 13.0. The van der Waals surface area contributed by atoms with Gasteiger partial charge >= 0.3 is 0 Å². The van der Waals surface area contributed by atoms with E-state index in [1.54, 1.807) is 11.8 Å². The molecule has 0 atom stereocenters. The third kappa shape index (κ3) is 4.50. The average Bonchev–Trinajstić information content (AvgIpc) is 3.08. The molecule has 142 valence electrons. The van der Waals surface area contributed by atoms with Crippen molar-refractivity contribution < 1.29 is 4.74 Å². The van der Waals surface area contributed by atoms with Gasteiger partial charge in [0.05, 0.1) is 19.0 Å². The monoisotopic (exact) mass is 368 g/mol. The Morgan fingerprint density at radius 1 is 1.19 bits per heavy atom. The average molecular weight is 368 g/mol. The first kappa shape index (κ1) is 18.6. The zero-order valence-electron chi connectivity index (χ0n) is 16.2. The molecule has 0 aliphatic carbocycles. The van der Waals surface area contributed by atoms with Crippen molar-refractivity contribution in [3.05, 3.63) is 41.9 Å². The molecule has 0 aliphatic rings. The molecule has 9 nitrogen and oxygen atoms in total. The van der Waals surface area contributed by atoms with Gasteiger partial charge in [0.2, 0.25) is 5.95 Å². The number of hydrogen-bond donors (Lipinski definition) is 2. The molecule has 0 aliphatic heterocycles. The van der Waals surface area contributed by atoms with E-state index in [4.69, 9.17) is 4.74 Å². The maximum absolute atomic E-state index is 5.48. The fourth-order valence-corrected chi connectivity index (χ4v) is 2.64. The minimum atomic E-state index is 0.516. The van der Waals surface area contributed by atoms with Crippen molar-refractivity contribution in [1.82, 2.24) is 29.9 Å². The minimum Gasteiger partial charge on any atom is -0.494 e. The van der Waals surface area contributed by atoms with Gasteiger partial charge in [-0.2, -0.15) is 4.98 Å². The second kappa shape index (κ2) is 8.00. The van der Waals surface area contributed by atoms with Crippen molar-refractivity contribution in [3.63, 3.8) is 0 Å². The summed E-state index contributed by atoms with van der Waals surface area (Å²) in [6, 6.07) is 7.59. The van der Waals surface area contributed by atoms with E-state index in [9.17, 15) is 0 Å². The maximum atomic E-state index is 5.48. The van der Waals surface area contributed by atoms with Gasteiger partial charge in [-0.25, -0.2) is 9.67 Å². The van der Waals surface area contributed by atoms with Crippen molar-refractivity contribution in [2.24, 2.45) is 0 Å². The first-order valence-electron chi connectivity index (χ1n) is 8.53. The smallest absolute Gasteiger partial charge is 0.229 e. The van der Waals surface area contributed by atoms with E-state index in [0.717, 1.165) is 28.6 Å². The molecule has 0 spiro atoms. The summed E-state index contributed by atoms with van der Waals surface area (Å²) in [5.41, 5.74) is 3.35. The van der Waals surface area contributed by atoms with Crippen LogP contribution in [0.1, 0.15) is 11.4 Å². The van der Waals surface area contributed by atoms with Gasteiger partial charge < -0.3 is 20.3 Å². The topological polar surface area (TPSA) is 93.0 Å². The molecule has 3 aromatic rings. The van der Waals surface area contributed by atoms with E-state index >= 15 is 0 Å². The van der Waals surface area contributed by atoms with Crippen LogP contribution >= 0.6 is 0 Å². The Labute approximate surface area is 158 Å². The fourth-order valence-electron chi connectivity index (χ4n) is 2.64. The van der Waals surface area contributed by atoms with Gasteiger partial charge in [0.25, 0.3) is 0 Å². The Morgan fingerprint density at radius 2 is 2.00 bits per heavy atom. The number of ether oxygens (including phenoxy) is 1. The highest BCUT2D eigenvalue weighted by Gasteiger charge is 2.11. The number of aryl methyl sites for hydroxylation is 1. The molecule has 0 radical (unpaired) electrons. The molecule has 3 rings (SSSR count). The highest BCUT2D eigenvalue weighted by molar-refractivity contribution is 5.62. The normalized spacial score (nSPS) is 10.9. The Morgan fingerprint density at radius 3 is 2.70 bits per heavy atom. The molecule has 0 saturated carbocycles. The van der Waals surface area contributed by atoms with Crippen LogP contribution in [0.2, 0.25) is 0 Å². The van der Waals surface area contributed by atoms with Crippen molar-refractivity contribution >= 4 is 17.5 Å². The van der Waals surface area contributed by atoms with Crippen LogP contribution in [0.5, 0.6) is 5.75 Å². The van der Waals surface area contributed by atoms with Crippen LogP contribution in [-0.2, 0) is 6.54 Å². The minimum absolute atomic E-state index is 0.516. The second-order valence-electron chi connectivity index (χ2n) is 6.37. The molecule has 2 aromatic heterocycles. The summed E-state index contributed by atoms with van der Waals surface area (Å²) in [6.07, 6.45) is 1.89. The molecule has 0 unspecified atom stereocenters. The van der Waals surface area contributed by atoms with E-state index < -0.39 is 0 Å². The third-order valence-corrected chi connectivity index (χ3v) is 3.81. The molecular formula is C18H24N8O. The number of methoxy groups -OCH3 is 1. The van der Waals surface area contributed by atoms with Crippen LogP contribution < -0.4 is 15.4 Å². The summed E-state index contributed by atoms with van der Waals surface area (Å²) >= 11 is 0. The summed E-state index contributed by atoms with van der Waals surface area (Å²) in [7, 11) is 7.44. The number of nitrogens with zero attached hydrogens (tertiary/aromatic N) is 6. The van der Waals surface area contributed by atoms with Crippen LogP contribution in [0.3, 0.4) is 0 Å². The highest BCUT2D eigenvalue weighted by atomic mass is 16.5. The third-order valence-electron chi connectivity index (χ3n) is 3.81. The van der Waals surface area contributed by atoms with Gasteiger partial charge in [-0.3, -0.25) is 0 Å². The Kier molecular flexibility index (Phi) is 5.51. The predicted octanol–water partition coefficient (Wildman–Crippen LogP) is 2.22. The van der Waals surface area contributed by atoms with E-state index in [1.807, 2.05) is 63.4 Å². The van der Waals surface area contributed by atoms with Gasteiger partial charge in [-0.15, -0.1) is 5.10 Å².